The van der Waals surface area contributed by atoms with Crippen molar-refractivity contribution in [3.05, 3.63) is 0 Å². The molecular formula is C12H24N2O. The highest BCUT2D eigenvalue weighted by Gasteiger charge is 2.34. The number of hydrogen-bond acceptors (Lipinski definition) is 2. The molecule has 3 nitrogen and oxygen atoms in total. The molecule has 3 heteroatoms. The van der Waals surface area contributed by atoms with Crippen LogP contribution in [0.25, 0.3) is 0 Å². The van der Waals surface area contributed by atoms with Crippen molar-refractivity contribution < 1.29 is 4.79 Å². The first-order chi connectivity index (χ1) is 6.86. The lowest BCUT2D eigenvalue weighted by Gasteiger charge is -2.27. The molecule has 0 aromatic heterocycles. The predicted octanol–water partition coefficient (Wildman–Crippen LogP) is 1.62. The first kappa shape index (κ1) is 12.5. The van der Waals surface area contributed by atoms with Crippen LogP contribution in [-0.4, -0.2) is 29.9 Å². The third-order valence-corrected chi connectivity index (χ3v) is 3.48. The van der Waals surface area contributed by atoms with Crippen LogP contribution in [0.3, 0.4) is 0 Å². The van der Waals surface area contributed by atoms with Crippen LogP contribution in [0.4, 0.5) is 0 Å². The number of amides is 1. The summed E-state index contributed by atoms with van der Waals surface area (Å²) in [5.41, 5.74) is 6.06. The van der Waals surface area contributed by atoms with Gasteiger partial charge in [0.05, 0.1) is 6.04 Å². The maximum atomic E-state index is 11.8. The molecule has 1 unspecified atom stereocenters. The van der Waals surface area contributed by atoms with Gasteiger partial charge in [-0.15, -0.1) is 0 Å². The summed E-state index contributed by atoms with van der Waals surface area (Å²) >= 11 is 0. The minimum absolute atomic E-state index is 0.129. The molecule has 1 amide bonds. The summed E-state index contributed by atoms with van der Waals surface area (Å²) in [6.45, 7) is 10.5. The Balaban J connectivity index is 2.53. The number of carbonyl (C=O) groups is 1. The van der Waals surface area contributed by atoms with Crippen LogP contribution >= 0.6 is 0 Å². The van der Waals surface area contributed by atoms with E-state index in [0.29, 0.717) is 11.3 Å². The first-order valence-electron chi connectivity index (χ1n) is 5.90. The van der Waals surface area contributed by atoms with E-state index in [-0.39, 0.29) is 11.9 Å². The second-order valence-corrected chi connectivity index (χ2v) is 5.65. The van der Waals surface area contributed by atoms with Crippen LogP contribution in [-0.2, 0) is 4.79 Å². The van der Waals surface area contributed by atoms with E-state index in [0.717, 1.165) is 25.9 Å². The number of nitrogens with zero attached hydrogens (tertiary/aromatic N) is 1. The van der Waals surface area contributed by atoms with Crippen LogP contribution in [0.15, 0.2) is 0 Å². The Labute approximate surface area is 93.0 Å². The Morgan fingerprint density at radius 2 is 2.13 bits per heavy atom. The molecule has 0 saturated carbocycles. The fourth-order valence-corrected chi connectivity index (χ4v) is 2.08. The quantitative estimate of drug-likeness (QED) is 0.756. The van der Waals surface area contributed by atoms with Crippen LogP contribution in [0, 0.1) is 11.3 Å². The van der Waals surface area contributed by atoms with E-state index in [4.69, 9.17) is 5.73 Å². The van der Waals surface area contributed by atoms with Crippen molar-refractivity contribution >= 4 is 5.91 Å². The zero-order valence-electron chi connectivity index (χ0n) is 10.4. The molecule has 0 aliphatic carbocycles. The van der Waals surface area contributed by atoms with Gasteiger partial charge in [0.1, 0.15) is 0 Å². The van der Waals surface area contributed by atoms with Crippen molar-refractivity contribution in [2.24, 2.45) is 17.1 Å². The van der Waals surface area contributed by atoms with Gasteiger partial charge in [-0.1, -0.05) is 27.7 Å². The first-order valence-corrected chi connectivity index (χ1v) is 5.90. The molecule has 0 aromatic carbocycles. The van der Waals surface area contributed by atoms with Crippen LogP contribution in [0.5, 0.6) is 0 Å². The van der Waals surface area contributed by atoms with Gasteiger partial charge in [0.15, 0.2) is 0 Å². The van der Waals surface area contributed by atoms with Crippen LogP contribution < -0.4 is 5.73 Å². The molecule has 1 aliphatic heterocycles. The smallest absolute Gasteiger partial charge is 0.239 e. The van der Waals surface area contributed by atoms with Crippen molar-refractivity contribution in [3.8, 4) is 0 Å². The molecule has 1 aliphatic rings. The number of hydrogen-bond donors (Lipinski definition) is 1. The van der Waals surface area contributed by atoms with Crippen molar-refractivity contribution in [3.63, 3.8) is 0 Å². The van der Waals surface area contributed by atoms with E-state index in [9.17, 15) is 4.79 Å². The van der Waals surface area contributed by atoms with Crippen molar-refractivity contribution in [2.45, 2.75) is 46.6 Å². The van der Waals surface area contributed by atoms with E-state index in [1.807, 2.05) is 11.8 Å². The summed E-state index contributed by atoms with van der Waals surface area (Å²) in [4.78, 5) is 13.8. The molecule has 1 fully saturated rings. The highest BCUT2D eigenvalue weighted by atomic mass is 16.2. The standard InChI is InChI=1S/C12H24N2O/c1-5-10(13)11(15)14-7-6-9(8-14)12(2,3)4/h9-10H,5-8,13H2,1-4H3/t9?,10-/m1/s1. The SMILES string of the molecule is CC[C@@H](N)C(=O)N1CCC(C(C)(C)C)C1. The fourth-order valence-electron chi connectivity index (χ4n) is 2.08. The number of carbonyl (C=O) groups excluding carboxylic acids is 1. The van der Waals surface area contributed by atoms with Gasteiger partial charge in [0.2, 0.25) is 5.91 Å². The number of rotatable bonds is 2. The highest BCUT2D eigenvalue weighted by Crippen LogP contribution is 2.33. The average molecular weight is 212 g/mol. The van der Waals surface area contributed by atoms with Gasteiger partial charge in [-0.25, -0.2) is 0 Å². The topological polar surface area (TPSA) is 46.3 Å². The van der Waals surface area contributed by atoms with Crippen molar-refractivity contribution in [1.29, 1.82) is 0 Å². The van der Waals surface area contributed by atoms with Crippen molar-refractivity contribution in [1.82, 2.24) is 4.90 Å². The molecular weight excluding hydrogens is 188 g/mol. The minimum atomic E-state index is -0.302. The van der Waals surface area contributed by atoms with Crippen LogP contribution in [0.2, 0.25) is 0 Å². The Hall–Kier alpha value is -0.570. The Kier molecular flexibility index (Phi) is 3.77. The normalized spacial score (nSPS) is 24.3. The molecule has 1 saturated heterocycles. The summed E-state index contributed by atoms with van der Waals surface area (Å²) in [6, 6.07) is -0.302. The summed E-state index contributed by atoms with van der Waals surface area (Å²) in [5.74, 6) is 0.745. The highest BCUT2D eigenvalue weighted by molar-refractivity contribution is 5.81. The van der Waals surface area contributed by atoms with Crippen LogP contribution in [0.1, 0.15) is 40.5 Å². The number of likely N-dealkylation sites (tertiary alicyclic amines) is 1. The summed E-state index contributed by atoms with van der Waals surface area (Å²) in [6.07, 6.45) is 1.85. The maximum Gasteiger partial charge on any atom is 0.239 e. The summed E-state index contributed by atoms with van der Waals surface area (Å²) < 4.78 is 0. The van der Waals surface area contributed by atoms with Crippen molar-refractivity contribution in [2.75, 3.05) is 13.1 Å². The van der Waals surface area contributed by atoms with E-state index in [1.54, 1.807) is 0 Å². The van der Waals surface area contributed by atoms with Gasteiger partial charge in [-0.05, 0) is 24.2 Å². The lowest BCUT2D eigenvalue weighted by Crippen LogP contribution is -2.42. The van der Waals surface area contributed by atoms with Gasteiger partial charge in [-0.3, -0.25) is 4.79 Å². The molecule has 1 rings (SSSR count). The summed E-state index contributed by atoms with van der Waals surface area (Å²) in [7, 11) is 0. The largest absolute Gasteiger partial charge is 0.341 e. The van der Waals surface area contributed by atoms with Gasteiger partial charge < -0.3 is 10.6 Å². The van der Waals surface area contributed by atoms with E-state index >= 15 is 0 Å². The molecule has 0 aromatic rings. The van der Waals surface area contributed by atoms with Gasteiger partial charge in [-0.2, -0.15) is 0 Å². The molecule has 1 heterocycles. The van der Waals surface area contributed by atoms with E-state index < -0.39 is 0 Å². The average Bonchev–Trinajstić information content (AvgIpc) is 2.63. The zero-order valence-corrected chi connectivity index (χ0v) is 10.4. The van der Waals surface area contributed by atoms with E-state index in [2.05, 4.69) is 20.8 Å². The zero-order chi connectivity index (χ0) is 11.6. The fraction of sp³-hybridized carbons (Fsp3) is 0.917. The molecule has 0 spiro atoms. The lowest BCUT2D eigenvalue weighted by atomic mass is 9.80. The minimum Gasteiger partial charge on any atom is -0.341 e. The Morgan fingerprint density at radius 1 is 1.53 bits per heavy atom. The molecule has 88 valence electrons. The second kappa shape index (κ2) is 4.52. The van der Waals surface area contributed by atoms with Gasteiger partial charge >= 0.3 is 0 Å². The van der Waals surface area contributed by atoms with Gasteiger partial charge in [0.25, 0.3) is 0 Å². The molecule has 0 bridgehead atoms. The number of nitrogens with two attached hydrogens (primary N) is 1. The predicted molar refractivity (Wildman–Crippen MR) is 62.4 cm³/mol. The molecule has 2 atom stereocenters. The maximum absolute atomic E-state index is 11.8. The summed E-state index contributed by atoms with van der Waals surface area (Å²) in [5, 5.41) is 0. The Morgan fingerprint density at radius 3 is 2.53 bits per heavy atom. The Bertz CT molecular complexity index is 232. The molecule has 0 radical (unpaired) electrons. The second-order valence-electron chi connectivity index (χ2n) is 5.65. The monoisotopic (exact) mass is 212 g/mol. The van der Waals surface area contributed by atoms with E-state index in [1.165, 1.54) is 0 Å². The third kappa shape index (κ3) is 2.94. The molecule has 2 N–H and O–H groups in total. The third-order valence-electron chi connectivity index (χ3n) is 3.48. The lowest BCUT2D eigenvalue weighted by molar-refractivity contribution is -0.131. The molecule has 15 heavy (non-hydrogen) atoms. The van der Waals surface area contributed by atoms with Gasteiger partial charge in [0, 0.05) is 13.1 Å².